The first-order valence-electron chi connectivity index (χ1n) is 4.53. The Morgan fingerprint density at radius 3 is 2.85 bits per heavy atom. The van der Waals surface area contributed by atoms with E-state index < -0.39 is 0 Å². The Morgan fingerprint density at radius 2 is 2.23 bits per heavy atom. The number of carbonyl (C=O) groups is 1. The standard InChI is InChI=1S/C10H14OS2/c1-3-5-8(11)9-6-7-10(13-9)12-4-2/h6-7H,3-5H2,1-2H3. The number of ketones is 1. The van der Waals surface area contributed by atoms with Gasteiger partial charge in [-0.2, -0.15) is 0 Å². The molecule has 0 saturated heterocycles. The summed E-state index contributed by atoms with van der Waals surface area (Å²) in [6.45, 7) is 4.16. The largest absolute Gasteiger partial charge is 0.293 e. The van der Waals surface area contributed by atoms with Crippen LogP contribution in [0.5, 0.6) is 0 Å². The SMILES string of the molecule is CCCC(=O)c1ccc(SCC)s1. The van der Waals surface area contributed by atoms with Crippen LogP contribution in [0, 0.1) is 0 Å². The van der Waals surface area contributed by atoms with E-state index in [2.05, 4.69) is 6.92 Å². The molecule has 1 aromatic heterocycles. The van der Waals surface area contributed by atoms with Gasteiger partial charge >= 0.3 is 0 Å². The molecule has 3 heteroatoms. The molecule has 0 aromatic carbocycles. The Balaban J connectivity index is 2.62. The van der Waals surface area contributed by atoms with Gasteiger partial charge in [-0.05, 0) is 24.3 Å². The fraction of sp³-hybridized carbons (Fsp3) is 0.500. The molecule has 0 aliphatic rings. The predicted molar refractivity (Wildman–Crippen MR) is 60.0 cm³/mol. The zero-order valence-corrected chi connectivity index (χ0v) is 9.63. The van der Waals surface area contributed by atoms with Crippen molar-refractivity contribution < 1.29 is 4.79 Å². The van der Waals surface area contributed by atoms with Gasteiger partial charge in [0.05, 0.1) is 9.09 Å². The monoisotopic (exact) mass is 214 g/mol. The lowest BCUT2D eigenvalue weighted by atomic mass is 10.2. The van der Waals surface area contributed by atoms with E-state index in [4.69, 9.17) is 0 Å². The lowest BCUT2D eigenvalue weighted by Gasteiger charge is -1.92. The van der Waals surface area contributed by atoms with E-state index in [1.54, 1.807) is 23.1 Å². The van der Waals surface area contributed by atoms with Crippen molar-refractivity contribution in [3.63, 3.8) is 0 Å². The third-order valence-corrected chi connectivity index (χ3v) is 3.85. The highest BCUT2D eigenvalue weighted by molar-refractivity contribution is 8.01. The Morgan fingerprint density at radius 1 is 1.46 bits per heavy atom. The van der Waals surface area contributed by atoms with Gasteiger partial charge in [-0.15, -0.1) is 23.1 Å². The van der Waals surface area contributed by atoms with Crippen LogP contribution in [0.3, 0.4) is 0 Å². The van der Waals surface area contributed by atoms with Gasteiger partial charge in [0.1, 0.15) is 0 Å². The van der Waals surface area contributed by atoms with Gasteiger partial charge in [0, 0.05) is 6.42 Å². The molecule has 0 fully saturated rings. The molecule has 1 heterocycles. The van der Waals surface area contributed by atoms with Crippen molar-refractivity contribution in [3.05, 3.63) is 17.0 Å². The van der Waals surface area contributed by atoms with Crippen molar-refractivity contribution in [2.24, 2.45) is 0 Å². The van der Waals surface area contributed by atoms with E-state index in [0.29, 0.717) is 6.42 Å². The zero-order valence-electron chi connectivity index (χ0n) is 8.00. The molecule has 1 rings (SSSR count). The average Bonchev–Trinajstić information content (AvgIpc) is 2.54. The van der Waals surface area contributed by atoms with Gasteiger partial charge < -0.3 is 0 Å². The van der Waals surface area contributed by atoms with Crippen molar-refractivity contribution in [2.45, 2.75) is 30.9 Å². The molecular formula is C10H14OS2. The van der Waals surface area contributed by atoms with Gasteiger partial charge in [-0.1, -0.05) is 13.8 Å². The van der Waals surface area contributed by atoms with Crippen LogP contribution >= 0.6 is 23.1 Å². The summed E-state index contributed by atoms with van der Waals surface area (Å²) >= 11 is 3.42. The maximum absolute atomic E-state index is 11.5. The molecule has 0 N–H and O–H groups in total. The molecule has 0 unspecified atom stereocenters. The summed E-state index contributed by atoms with van der Waals surface area (Å²) in [6, 6.07) is 3.99. The summed E-state index contributed by atoms with van der Waals surface area (Å²) in [6.07, 6.45) is 1.61. The number of thiophene rings is 1. The highest BCUT2D eigenvalue weighted by Gasteiger charge is 2.07. The molecule has 0 aliphatic carbocycles. The molecule has 0 radical (unpaired) electrons. The van der Waals surface area contributed by atoms with E-state index in [9.17, 15) is 4.79 Å². The van der Waals surface area contributed by atoms with Gasteiger partial charge in [-0.3, -0.25) is 4.79 Å². The molecule has 0 bridgehead atoms. The lowest BCUT2D eigenvalue weighted by Crippen LogP contribution is -1.93. The van der Waals surface area contributed by atoms with Crippen LogP contribution in [0.4, 0.5) is 0 Å². The average molecular weight is 214 g/mol. The highest BCUT2D eigenvalue weighted by atomic mass is 32.2. The summed E-state index contributed by atoms with van der Waals surface area (Å²) in [4.78, 5) is 12.4. The fourth-order valence-corrected chi connectivity index (χ4v) is 3.05. The summed E-state index contributed by atoms with van der Waals surface area (Å²) in [5, 5.41) is 0. The topological polar surface area (TPSA) is 17.1 Å². The van der Waals surface area contributed by atoms with Gasteiger partial charge in [-0.25, -0.2) is 0 Å². The number of thioether (sulfide) groups is 1. The minimum Gasteiger partial charge on any atom is -0.293 e. The van der Waals surface area contributed by atoms with Gasteiger partial charge in [0.2, 0.25) is 0 Å². The number of Topliss-reactive ketones (excluding diaryl/α,β-unsaturated/α-hetero) is 1. The summed E-state index contributed by atoms with van der Waals surface area (Å²) in [5.74, 6) is 1.36. The van der Waals surface area contributed by atoms with Crippen molar-refractivity contribution >= 4 is 28.9 Å². The molecule has 0 aliphatic heterocycles. The number of rotatable bonds is 5. The van der Waals surface area contributed by atoms with E-state index >= 15 is 0 Å². The minimum absolute atomic E-state index is 0.287. The Labute approximate surface area is 87.5 Å². The number of carbonyl (C=O) groups excluding carboxylic acids is 1. The van der Waals surface area contributed by atoms with Crippen molar-refractivity contribution in [1.29, 1.82) is 0 Å². The second kappa shape index (κ2) is 5.45. The summed E-state index contributed by atoms with van der Waals surface area (Å²) in [5.41, 5.74) is 0. The Bertz CT molecular complexity index is 278. The molecule has 72 valence electrons. The first kappa shape index (κ1) is 10.8. The second-order valence-electron chi connectivity index (χ2n) is 2.72. The predicted octanol–water partition coefficient (Wildman–Crippen LogP) is 3.84. The van der Waals surface area contributed by atoms with Gasteiger partial charge in [0.15, 0.2) is 5.78 Å². The fourth-order valence-electron chi connectivity index (χ4n) is 1.04. The van der Waals surface area contributed by atoms with Crippen molar-refractivity contribution in [1.82, 2.24) is 0 Å². The summed E-state index contributed by atoms with van der Waals surface area (Å²) in [7, 11) is 0. The van der Waals surface area contributed by atoms with Crippen molar-refractivity contribution in [3.8, 4) is 0 Å². The first-order valence-corrected chi connectivity index (χ1v) is 6.34. The van der Waals surface area contributed by atoms with Crippen LogP contribution in [0.2, 0.25) is 0 Å². The quantitative estimate of drug-likeness (QED) is 0.547. The summed E-state index contributed by atoms with van der Waals surface area (Å²) < 4.78 is 1.25. The molecule has 0 saturated carbocycles. The second-order valence-corrected chi connectivity index (χ2v) is 5.37. The van der Waals surface area contributed by atoms with E-state index in [0.717, 1.165) is 17.1 Å². The van der Waals surface area contributed by atoms with Crippen LogP contribution in [0.1, 0.15) is 36.4 Å². The van der Waals surface area contributed by atoms with E-state index in [1.807, 2.05) is 19.1 Å². The van der Waals surface area contributed by atoms with Crippen LogP contribution in [-0.4, -0.2) is 11.5 Å². The number of hydrogen-bond donors (Lipinski definition) is 0. The van der Waals surface area contributed by atoms with Crippen molar-refractivity contribution in [2.75, 3.05) is 5.75 Å². The molecule has 0 amide bonds. The molecule has 1 aromatic rings. The van der Waals surface area contributed by atoms with Crippen LogP contribution in [0.25, 0.3) is 0 Å². The van der Waals surface area contributed by atoms with E-state index in [1.165, 1.54) is 4.21 Å². The third-order valence-electron chi connectivity index (χ3n) is 1.62. The lowest BCUT2D eigenvalue weighted by molar-refractivity contribution is 0.0985. The normalized spacial score (nSPS) is 10.3. The smallest absolute Gasteiger partial charge is 0.172 e. The molecular weight excluding hydrogens is 200 g/mol. The van der Waals surface area contributed by atoms with Crippen LogP contribution in [0.15, 0.2) is 16.3 Å². The highest BCUT2D eigenvalue weighted by Crippen LogP contribution is 2.27. The molecule has 13 heavy (non-hydrogen) atoms. The third kappa shape index (κ3) is 3.16. The van der Waals surface area contributed by atoms with Gasteiger partial charge in [0.25, 0.3) is 0 Å². The Kier molecular flexibility index (Phi) is 4.53. The van der Waals surface area contributed by atoms with Crippen LogP contribution < -0.4 is 0 Å². The number of hydrogen-bond acceptors (Lipinski definition) is 3. The van der Waals surface area contributed by atoms with E-state index in [-0.39, 0.29) is 5.78 Å². The molecule has 0 spiro atoms. The zero-order chi connectivity index (χ0) is 9.68. The Hall–Kier alpha value is -0.280. The molecule has 1 nitrogen and oxygen atoms in total. The first-order chi connectivity index (χ1) is 6.27. The minimum atomic E-state index is 0.287. The molecule has 0 atom stereocenters. The van der Waals surface area contributed by atoms with Crippen LogP contribution in [-0.2, 0) is 0 Å². The maximum atomic E-state index is 11.5. The maximum Gasteiger partial charge on any atom is 0.172 e.